The zero-order valence-electron chi connectivity index (χ0n) is 15.0. The van der Waals surface area contributed by atoms with Crippen molar-refractivity contribution in [2.24, 2.45) is 0 Å². The number of hydrazine groups is 1. The molecule has 0 radical (unpaired) electrons. The molecule has 1 atom stereocenters. The molecule has 1 saturated heterocycles. The number of benzene rings is 2. The van der Waals surface area contributed by atoms with E-state index in [0.717, 1.165) is 24.3 Å². The summed E-state index contributed by atoms with van der Waals surface area (Å²) in [6.45, 7) is 1.09. The highest BCUT2D eigenvalue weighted by molar-refractivity contribution is 6.01. The molecule has 2 aromatic carbocycles. The fraction of sp³-hybridized carbons (Fsp3) is 0.263. The van der Waals surface area contributed by atoms with Gasteiger partial charge in [-0.3, -0.25) is 15.0 Å². The van der Waals surface area contributed by atoms with Crippen molar-refractivity contribution < 1.29 is 31.9 Å². The number of nitrogens with one attached hydrogen (secondary N) is 2. The summed E-state index contributed by atoms with van der Waals surface area (Å²) in [7, 11) is 0. The number of ether oxygens (including phenoxy) is 1. The van der Waals surface area contributed by atoms with Gasteiger partial charge in [0.25, 0.3) is 5.91 Å². The van der Waals surface area contributed by atoms with Crippen LogP contribution in [-0.2, 0) is 0 Å². The van der Waals surface area contributed by atoms with Gasteiger partial charge in [0.15, 0.2) is 5.78 Å². The van der Waals surface area contributed by atoms with Gasteiger partial charge in [0.1, 0.15) is 17.6 Å². The van der Waals surface area contributed by atoms with Crippen molar-refractivity contribution in [2.75, 3.05) is 19.6 Å². The number of carbonyl (C=O) groups excluding carboxylic acids is 2. The van der Waals surface area contributed by atoms with Crippen molar-refractivity contribution in [3.05, 3.63) is 65.5 Å². The summed E-state index contributed by atoms with van der Waals surface area (Å²) >= 11 is 0. The van der Waals surface area contributed by atoms with E-state index in [9.17, 15) is 27.2 Å². The van der Waals surface area contributed by atoms with Crippen molar-refractivity contribution in [1.82, 2.24) is 15.8 Å². The SMILES string of the molecule is O=C(NN1CCNCC1C(=O)c1ccc(OC(F)(F)F)cc1)c1ccc(F)cc1. The van der Waals surface area contributed by atoms with Crippen LogP contribution >= 0.6 is 0 Å². The molecule has 1 aliphatic heterocycles. The first-order valence-corrected chi connectivity index (χ1v) is 8.67. The second kappa shape index (κ2) is 8.58. The maximum Gasteiger partial charge on any atom is 0.573 e. The van der Waals surface area contributed by atoms with Crippen LogP contribution in [0.4, 0.5) is 17.6 Å². The van der Waals surface area contributed by atoms with Gasteiger partial charge in [-0.25, -0.2) is 9.40 Å². The Kier molecular flexibility index (Phi) is 6.14. The predicted molar refractivity (Wildman–Crippen MR) is 94.7 cm³/mol. The number of rotatable bonds is 5. The largest absolute Gasteiger partial charge is 0.573 e. The zero-order chi connectivity index (χ0) is 21.0. The number of nitrogens with zero attached hydrogens (tertiary/aromatic N) is 1. The molecule has 154 valence electrons. The number of halogens is 4. The minimum Gasteiger partial charge on any atom is -0.406 e. The lowest BCUT2D eigenvalue weighted by Gasteiger charge is -2.35. The lowest BCUT2D eigenvalue weighted by molar-refractivity contribution is -0.274. The van der Waals surface area contributed by atoms with Gasteiger partial charge in [-0.15, -0.1) is 13.2 Å². The van der Waals surface area contributed by atoms with E-state index in [0.29, 0.717) is 13.1 Å². The zero-order valence-corrected chi connectivity index (χ0v) is 15.0. The van der Waals surface area contributed by atoms with Crippen LogP contribution in [0.3, 0.4) is 0 Å². The van der Waals surface area contributed by atoms with Crippen molar-refractivity contribution in [3.8, 4) is 5.75 Å². The van der Waals surface area contributed by atoms with Crippen LogP contribution in [0.25, 0.3) is 0 Å². The first kappa shape index (κ1) is 20.7. The number of alkyl halides is 3. The van der Waals surface area contributed by atoms with Gasteiger partial charge >= 0.3 is 6.36 Å². The van der Waals surface area contributed by atoms with Gasteiger partial charge in [-0.1, -0.05) is 0 Å². The number of hydrogen-bond acceptors (Lipinski definition) is 5. The monoisotopic (exact) mass is 411 g/mol. The highest BCUT2D eigenvalue weighted by Gasteiger charge is 2.32. The third kappa shape index (κ3) is 5.52. The average molecular weight is 411 g/mol. The van der Waals surface area contributed by atoms with Gasteiger partial charge in [0.2, 0.25) is 0 Å². The Morgan fingerprint density at radius 3 is 2.28 bits per heavy atom. The van der Waals surface area contributed by atoms with E-state index in [1.54, 1.807) is 0 Å². The maximum atomic E-state index is 13.0. The molecule has 3 rings (SSSR count). The van der Waals surface area contributed by atoms with Gasteiger partial charge in [-0.2, -0.15) is 0 Å². The molecule has 1 fully saturated rings. The van der Waals surface area contributed by atoms with Crippen LogP contribution in [0.1, 0.15) is 20.7 Å². The second-order valence-corrected chi connectivity index (χ2v) is 6.30. The van der Waals surface area contributed by atoms with Crippen LogP contribution in [0.15, 0.2) is 48.5 Å². The molecule has 1 heterocycles. The van der Waals surface area contributed by atoms with Crippen molar-refractivity contribution >= 4 is 11.7 Å². The van der Waals surface area contributed by atoms with Crippen LogP contribution in [0.5, 0.6) is 5.75 Å². The molecular weight excluding hydrogens is 394 g/mol. The van der Waals surface area contributed by atoms with E-state index in [1.807, 2.05) is 0 Å². The molecule has 0 aliphatic carbocycles. The van der Waals surface area contributed by atoms with Crippen LogP contribution in [0, 0.1) is 5.82 Å². The van der Waals surface area contributed by atoms with Crippen LogP contribution in [0.2, 0.25) is 0 Å². The van der Waals surface area contributed by atoms with Gasteiger partial charge in [0.05, 0.1) is 0 Å². The number of amides is 1. The topological polar surface area (TPSA) is 70.7 Å². The number of hydrogen-bond donors (Lipinski definition) is 2. The van der Waals surface area contributed by atoms with Gasteiger partial charge < -0.3 is 10.1 Å². The molecule has 10 heteroatoms. The van der Waals surface area contributed by atoms with E-state index >= 15 is 0 Å². The maximum absolute atomic E-state index is 13.0. The first-order valence-electron chi connectivity index (χ1n) is 8.67. The highest BCUT2D eigenvalue weighted by atomic mass is 19.4. The molecule has 2 aromatic rings. The third-order valence-electron chi connectivity index (χ3n) is 4.27. The van der Waals surface area contributed by atoms with Gasteiger partial charge in [-0.05, 0) is 48.5 Å². The Balaban J connectivity index is 1.70. The van der Waals surface area contributed by atoms with Crippen LogP contribution < -0.4 is 15.5 Å². The number of carbonyl (C=O) groups is 2. The van der Waals surface area contributed by atoms with Crippen molar-refractivity contribution in [1.29, 1.82) is 0 Å². The van der Waals surface area contributed by atoms with Crippen LogP contribution in [-0.4, -0.2) is 48.7 Å². The number of piperazine rings is 1. The fourth-order valence-electron chi connectivity index (χ4n) is 2.88. The quantitative estimate of drug-likeness (QED) is 0.585. The second-order valence-electron chi connectivity index (χ2n) is 6.30. The summed E-state index contributed by atoms with van der Waals surface area (Å²) in [5.74, 6) is -1.79. The molecule has 29 heavy (non-hydrogen) atoms. The van der Waals surface area contributed by atoms with Crippen molar-refractivity contribution in [2.45, 2.75) is 12.4 Å². The first-order chi connectivity index (χ1) is 13.7. The minimum atomic E-state index is -4.82. The molecule has 1 amide bonds. The van der Waals surface area contributed by atoms with E-state index < -0.39 is 29.9 Å². The predicted octanol–water partition coefficient (Wildman–Crippen LogP) is 2.53. The standard InChI is InChI=1S/C19H17F4N3O3/c20-14-5-1-13(2-6-14)18(28)25-26-10-9-24-11-16(26)17(27)12-3-7-15(8-4-12)29-19(21,22)23/h1-8,16,24H,9-11H2,(H,25,28). The molecule has 6 nitrogen and oxygen atoms in total. The Hall–Kier alpha value is -2.98. The highest BCUT2D eigenvalue weighted by Crippen LogP contribution is 2.23. The molecular formula is C19H17F4N3O3. The molecule has 0 saturated carbocycles. The van der Waals surface area contributed by atoms with Crippen molar-refractivity contribution in [3.63, 3.8) is 0 Å². The summed E-state index contributed by atoms with van der Waals surface area (Å²) in [6.07, 6.45) is -4.82. The molecule has 1 unspecified atom stereocenters. The lowest BCUT2D eigenvalue weighted by atomic mass is 10.0. The van der Waals surface area contributed by atoms with Gasteiger partial charge in [0, 0.05) is 30.8 Å². The summed E-state index contributed by atoms with van der Waals surface area (Å²) < 4.78 is 53.6. The van der Waals surface area contributed by atoms with E-state index in [1.165, 1.54) is 29.3 Å². The fourth-order valence-corrected chi connectivity index (χ4v) is 2.88. The minimum absolute atomic E-state index is 0.175. The Morgan fingerprint density at radius 1 is 1.03 bits per heavy atom. The molecule has 2 N–H and O–H groups in total. The summed E-state index contributed by atoms with van der Waals surface area (Å²) in [4.78, 5) is 25.2. The third-order valence-corrected chi connectivity index (χ3v) is 4.27. The molecule has 0 aromatic heterocycles. The Bertz CT molecular complexity index is 870. The van der Waals surface area contributed by atoms with E-state index in [2.05, 4.69) is 15.5 Å². The van der Waals surface area contributed by atoms with E-state index in [-0.39, 0.29) is 23.5 Å². The van der Waals surface area contributed by atoms with E-state index in [4.69, 9.17) is 0 Å². The molecule has 0 spiro atoms. The normalized spacial score (nSPS) is 17.6. The summed E-state index contributed by atoms with van der Waals surface area (Å²) in [6, 6.07) is 8.76. The Morgan fingerprint density at radius 2 is 1.66 bits per heavy atom. The lowest BCUT2D eigenvalue weighted by Crippen LogP contribution is -2.61. The molecule has 0 bridgehead atoms. The average Bonchev–Trinajstić information content (AvgIpc) is 2.68. The Labute approximate surface area is 163 Å². The smallest absolute Gasteiger partial charge is 0.406 e. The number of Topliss-reactive ketones (excluding diaryl/α,β-unsaturated/α-hetero) is 1. The number of ketones is 1. The summed E-state index contributed by atoms with van der Waals surface area (Å²) in [5.41, 5.74) is 3.04. The molecule has 1 aliphatic rings. The summed E-state index contributed by atoms with van der Waals surface area (Å²) in [5, 5.41) is 4.50.